The van der Waals surface area contributed by atoms with Crippen LogP contribution in [-0.4, -0.2) is 72.9 Å². The number of hydrogen-bond donors (Lipinski definition) is 6. The van der Waals surface area contributed by atoms with Crippen LogP contribution in [0.5, 0.6) is 5.75 Å². The average molecular weight is 688 g/mol. The van der Waals surface area contributed by atoms with Gasteiger partial charge in [0.1, 0.15) is 11.4 Å². The second-order valence-electron chi connectivity index (χ2n) is 12.9. The number of rotatable bonds is 0. The maximum atomic E-state index is 13.7. The van der Waals surface area contributed by atoms with Gasteiger partial charge in [-0.3, -0.25) is 24.0 Å². The van der Waals surface area contributed by atoms with Crippen molar-refractivity contribution in [2.75, 3.05) is 0 Å². The number of ketones is 4. The smallest absolute Gasteiger partial charge is 0.253 e. The number of aromatic hydroxyl groups is 1. The molecule has 4 bridgehead atoms. The number of amides is 1. The summed E-state index contributed by atoms with van der Waals surface area (Å²) in [5, 5.41) is 56.2. The van der Waals surface area contributed by atoms with E-state index in [1.807, 2.05) is 0 Å². The van der Waals surface area contributed by atoms with Gasteiger partial charge in [-0.1, -0.05) is 75.5 Å². The van der Waals surface area contributed by atoms with Gasteiger partial charge in [0.2, 0.25) is 11.7 Å². The van der Waals surface area contributed by atoms with Crippen molar-refractivity contribution < 1.29 is 49.5 Å². The minimum atomic E-state index is -1.29. The van der Waals surface area contributed by atoms with Gasteiger partial charge >= 0.3 is 0 Å². The molecule has 1 aromatic rings. The molecule has 11 heteroatoms. The summed E-state index contributed by atoms with van der Waals surface area (Å²) in [6.07, 6.45) is 11.9. The minimum absolute atomic E-state index is 0.0421. The second kappa shape index (κ2) is 17.1. The number of fused-ring (bicyclic) bond motifs is 18. The molecule has 50 heavy (non-hydrogen) atoms. The molecule has 266 valence electrons. The lowest BCUT2D eigenvalue weighted by Gasteiger charge is -2.23. The molecule has 0 saturated heterocycles. The van der Waals surface area contributed by atoms with Gasteiger partial charge in [0.15, 0.2) is 17.3 Å². The first kappa shape index (κ1) is 39.5. The summed E-state index contributed by atoms with van der Waals surface area (Å²) in [5.74, 6) is -7.27. The number of phenolic OH excluding ortho intramolecular Hbond substituents is 1. The van der Waals surface area contributed by atoms with Crippen LogP contribution >= 0.6 is 0 Å². The van der Waals surface area contributed by atoms with Crippen LogP contribution in [0.25, 0.3) is 5.76 Å². The normalized spacial score (nSPS) is 31.3. The Balaban J connectivity index is 2.07. The Hall–Kier alpha value is -4.97. The Morgan fingerprint density at radius 2 is 1.38 bits per heavy atom. The number of carbonyl (C=O) groups excluding carboxylic acids is 5. The number of carbonyl (C=O) groups is 5. The lowest BCUT2D eigenvalue weighted by Crippen LogP contribution is -2.35. The minimum Gasteiger partial charge on any atom is -0.507 e. The number of benzene rings is 1. The largest absolute Gasteiger partial charge is 0.507 e. The fourth-order valence-corrected chi connectivity index (χ4v) is 5.53. The standard InChI is InChI=1S/C39H45NO10/c1-20-11-9-7-8-10-12-30(44)40-33-37(48)27-18-25(6)36(47)32(31(27)38(49)39(33)50)35(46)24(5)17-23(4)34(45)22(3)14-16-26(41)15-13-21(2)29(43)19-28(20)42/h7-14,16-18,20,22-23,26,28,34,41-42,45,47-48H,15,19H2,1-6H3,(H,40,44)/b8-7-,11-9-,12-10-,16-14-,21-13-,24-17-. The van der Waals surface area contributed by atoms with E-state index in [1.54, 1.807) is 58.1 Å². The Morgan fingerprint density at radius 1 is 0.720 bits per heavy atom. The molecule has 0 radical (unpaired) electrons. The van der Waals surface area contributed by atoms with Crippen LogP contribution in [0.3, 0.4) is 0 Å². The van der Waals surface area contributed by atoms with Crippen LogP contribution in [0, 0.1) is 24.7 Å². The molecule has 6 unspecified atom stereocenters. The lowest BCUT2D eigenvalue weighted by atomic mass is 9.82. The van der Waals surface area contributed by atoms with Crippen molar-refractivity contribution in [3.05, 3.63) is 106 Å². The third kappa shape index (κ3) is 9.38. The third-order valence-corrected chi connectivity index (χ3v) is 8.81. The van der Waals surface area contributed by atoms with Crippen molar-refractivity contribution >= 4 is 34.8 Å². The highest BCUT2D eigenvalue weighted by atomic mass is 16.3. The first-order valence-corrected chi connectivity index (χ1v) is 16.3. The van der Waals surface area contributed by atoms with Gasteiger partial charge in [-0.15, -0.1) is 0 Å². The van der Waals surface area contributed by atoms with Crippen molar-refractivity contribution in [3.63, 3.8) is 0 Å². The molecule has 0 aromatic heterocycles. The van der Waals surface area contributed by atoms with E-state index in [1.165, 1.54) is 44.2 Å². The number of aryl methyl sites for hydroxylation is 1. The SMILES string of the molecule is C/C1=C/CC(O)/C=C\C(C)C(O)C(C)/C=C(/C)C(=O)c2c(O)c(C)cc3c2C(=O)C(=O)C(=C3O)NC(=O)\C=C/C=C\C=C/C(C)C(O)CC1=O. The summed E-state index contributed by atoms with van der Waals surface area (Å²) in [4.78, 5) is 65.5. The molecule has 0 fully saturated rings. The van der Waals surface area contributed by atoms with E-state index in [9.17, 15) is 49.5 Å². The van der Waals surface area contributed by atoms with E-state index in [0.717, 1.165) is 6.08 Å². The summed E-state index contributed by atoms with van der Waals surface area (Å²) in [5.41, 5.74) is -1.36. The van der Waals surface area contributed by atoms with Gasteiger partial charge in [0, 0.05) is 35.8 Å². The topological polar surface area (TPSA) is 199 Å². The number of hydrogen-bond acceptors (Lipinski definition) is 10. The monoisotopic (exact) mass is 687 g/mol. The molecule has 6 N–H and O–H groups in total. The van der Waals surface area contributed by atoms with E-state index in [4.69, 9.17) is 0 Å². The van der Waals surface area contributed by atoms with Crippen LogP contribution in [0.4, 0.5) is 0 Å². The maximum absolute atomic E-state index is 13.7. The first-order chi connectivity index (χ1) is 23.5. The molecular formula is C39H45NO10. The Labute approximate surface area is 291 Å². The summed E-state index contributed by atoms with van der Waals surface area (Å²) < 4.78 is 0. The van der Waals surface area contributed by atoms with Crippen molar-refractivity contribution in [3.8, 4) is 5.75 Å². The van der Waals surface area contributed by atoms with Crippen LogP contribution < -0.4 is 5.32 Å². The number of Topliss-reactive ketones (excluding diaryl/α,β-unsaturated/α-hetero) is 4. The van der Waals surface area contributed by atoms with Gasteiger partial charge in [0.25, 0.3) is 5.78 Å². The van der Waals surface area contributed by atoms with Crippen LogP contribution in [0.15, 0.2) is 83.7 Å². The van der Waals surface area contributed by atoms with Crippen molar-refractivity contribution in [1.29, 1.82) is 0 Å². The average Bonchev–Trinajstić information content (AvgIpc) is 3.07. The molecule has 4 rings (SSSR count). The highest BCUT2D eigenvalue weighted by molar-refractivity contribution is 6.53. The molecule has 0 saturated carbocycles. The van der Waals surface area contributed by atoms with Crippen LogP contribution in [-0.2, 0) is 14.4 Å². The molecule has 6 atom stereocenters. The Kier molecular flexibility index (Phi) is 13.5. The predicted octanol–water partition coefficient (Wildman–Crippen LogP) is 4.46. The predicted molar refractivity (Wildman–Crippen MR) is 188 cm³/mol. The third-order valence-electron chi connectivity index (χ3n) is 8.81. The van der Waals surface area contributed by atoms with E-state index in [-0.39, 0.29) is 35.3 Å². The zero-order valence-corrected chi connectivity index (χ0v) is 29.0. The zero-order valence-electron chi connectivity index (χ0n) is 29.0. The highest BCUT2D eigenvalue weighted by Gasteiger charge is 2.39. The molecule has 11 nitrogen and oxygen atoms in total. The summed E-state index contributed by atoms with van der Waals surface area (Å²) in [7, 11) is 0. The fourth-order valence-electron chi connectivity index (χ4n) is 5.53. The maximum Gasteiger partial charge on any atom is 0.253 e. The lowest BCUT2D eigenvalue weighted by molar-refractivity contribution is -0.118. The molecular weight excluding hydrogens is 642 g/mol. The summed E-state index contributed by atoms with van der Waals surface area (Å²) >= 11 is 0. The van der Waals surface area contributed by atoms with Gasteiger partial charge in [-0.2, -0.15) is 0 Å². The number of phenols is 1. The van der Waals surface area contributed by atoms with E-state index in [2.05, 4.69) is 5.32 Å². The Morgan fingerprint density at radius 3 is 2.06 bits per heavy atom. The molecule has 2 aliphatic heterocycles. The molecule has 3 aliphatic rings. The van der Waals surface area contributed by atoms with Crippen LogP contribution in [0.1, 0.15) is 79.3 Å². The van der Waals surface area contributed by atoms with Crippen molar-refractivity contribution in [2.45, 2.75) is 72.7 Å². The molecule has 1 aliphatic carbocycles. The van der Waals surface area contributed by atoms with E-state index in [0.29, 0.717) is 5.57 Å². The zero-order chi connectivity index (χ0) is 37.4. The van der Waals surface area contributed by atoms with E-state index >= 15 is 0 Å². The number of aliphatic hydroxyl groups is 4. The quantitative estimate of drug-likeness (QED) is 0.167. The highest BCUT2D eigenvalue weighted by Crippen LogP contribution is 2.37. The van der Waals surface area contributed by atoms with Crippen LogP contribution in [0.2, 0.25) is 0 Å². The molecule has 2 heterocycles. The van der Waals surface area contributed by atoms with Gasteiger partial charge in [0.05, 0.1) is 29.4 Å². The van der Waals surface area contributed by atoms with E-state index < -0.39 is 87.7 Å². The van der Waals surface area contributed by atoms with Gasteiger partial charge in [-0.25, -0.2) is 0 Å². The first-order valence-electron chi connectivity index (χ1n) is 16.3. The molecule has 1 aromatic carbocycles. The summed E-state index contributed by atoms with van der Waals surface area (Å²) in [6.45, 7) is 9.57. The number of allylic oxidation sites excluding steroid dienone is 7. The summed E-state index contributed by atoms with van der Waals surface area (Å²) in [6, 6.07) is 1.23. The fraction of sp³-hybridized carbons (Fsp3) is 0.359. The van der Waals surface area contributed by atoms with Crippen molar-refractivity contribution in [2.24, 2.45) is 17.8 Å². The molecule has 0 spiro atoms. The van der Waals surface area contributed by atoms with Gasteiger partial charge in [-0.05, 0) is 50.0 Å². The molecule has 1 amide bonds. The number of nitrogens with one attached hydrogen (secondary N) is 1. The Bertz CT molecular complexity index is 1770. The van der Waals surface area contributed by atoms with Crippen molar-refractivity contribution in [1.82, 2.24) is 5.32 Å². The number of aliphatic hydroxyl groups excluding tert-OH is 4. The van der Waals surface area contributed by atoms with Gasteiger partial charge < -0.3 is 30.8 Å². The second-order valence-corrected chi connectivity index (χ2v) is 12.9.